The van der Waals surface area contributed by atoms with Crippen LogP contribution in [0.1, 0.15) is 49.3 Å². The highest BCUT2D eigenvalue weighted by atomic mass is 16.1. The third-order valence-electron chi connectivity index (χ3n) is 4.97. The third kappa shape index (κ3) is 5.21. The van der Waals surface area contributed by atoms with Crippen LogP contribution in [0.5, 0.6) is 0 Å². The van der Waals surface area contributed by atoms with E-state index in [1.165, 1.54) is 19.3 Å². The van der Waals surface area contributed by atoms with Gasteiger partial charge in [0.25, 0.3) is 5.91 Å². The number of nitrogens with zero attached hydrogens (tertiary/aromatic N) is 1. The molecule has 2 aromatic rings. The number of carbonyl (C=O) groups excluding carboxylic acids is 1. The van der Waals surface area contributed by atoms with Gasteiger partial charge in [-0.25, -0.2) is 0 Å². The number of hydrogen-bond donors (Lipinski definition) is 2. The maximum Gasteiger partial charge on any atom is 0.264 e. The van der Waals surface area contributed by atoms with Crippen molar-refractivity contribution < 1.29 is 4.79 Å². The Morgan fingerprint density at radius 3 is 2.04 bits per heavy atom. The zero-order valence-corrected chi connectivity index (χ0v) is 15.4. The van der Waals surface area contributed by atoms with Crippen molar-refractivity contribution in [1.82, 2.24) is 10.6 Å². The van der Waals surface area contributed by atoms with Crippen LogP contribution >= 0.6 is 0 Å². The van der Waals surface area contributed by atoms with Crippen molar-refractivity contribution in [2.75, 3.05) is 0 Å². The van der Waals surface area contributed by atoms with Crippen LogP contribution in [0.15, 0.2) is 72.4 Å². The molecule has 1 saturated carbocycles. The molecular formula is C23H25N3O. The first kappa shape index (κ1) is 18.7. The fourth-order valence-electron chi connectivity index (χ4n) is 3.48. The second-order valence-corrected chi connectivity index (χ2v) is 6.90. The van der Waals surface area contributed by atoms with Crippen LogP contribution in [0, 0.1) is 11.3 Å². The molecule has 2 aromatic carbocycles. The quantitative estimate of drug-likeness (QED) is 0.599. The average Bonchev–Trinajstić information content (AvgIpc) is 2.74. The molecule has 0 atom stereocenters. The first-order chi connectivity index (χ1) is 13.3. The van der Waals surface area contributed by atoms with E-state index in [2.05, 4.69) is 10.6 Å². The first-order valence-corrected chi connectivity index (χ1v) is 9.55. The predicted molar refractivity (Wildman–Crippen MR) is 107 cm³/mol. The molecule has 27 heavy (non-hydrogen) atoms. The number of amides is 1. The molecule has 4 nitrogen and oxygen atoms in total. The van der Waals surface area contributed by atoms with E-state index in [4.69, 9.17) is 0 Å². The van der Waals surface area contributed by atoms with Crippen LogP contribution in [-0.4, -0.2) is 11.9 Å². The Labute approximate surface area is 160 Å². The Bertz CT molecular complexity index is 763. The average molecular weight is 359 g/mol. The predicted octanol–water partition coefficient (Wildman–Crippen LogP) is 4.22. The van der Waals surface area contributed by atoms with Gasteiger partial charge in [-0.2, -0.15) is 5.26 Å². The lowest BCUT2D eigenvalue weighted by Gasteiger charge is -2.22. The van der Waals surface area contributed by atoms with E-state index in [9.17, 15) is 10.1 Å². The number of hydrogen-bond acceptors (Lipinski definition) is 3. The fourth-order valence-corrected chi connectivity index (χ4v) is 3.48. The lowest BCUT2D eigenvalue weighted by Crippen LogP contribution is -2.32. The number of nitriles is 1. The molecule has 4 heteroatoms. The Hall–Kier alpha value is -3.06. The smallest absolute Gasteiger partial charge is 0.264 e. The topological polar surface area (TPSA) is 64.9 Å². The van der Waals surface area contributed by atoms with Crippen molar-refractivity contribution in [3.05, 3.63) is 83.6 Å². The summed E-state index contributed by atoms with van der Waals surface area (Å²) in [5.74, 6) is -0.362. The summed E-state index contributed by atoms with van der Waals surface area (Å²) in [6, 6.07) is 21.7. The molecule has 0 unspecified atom stereocenters. The van der Waals surface area contributed by atoms with Crippen LogP contribution < -0.4 is 10.6 Å². The normalized spacial score (nSPS) is 15.2. The summed E-state index contributed by atoms with van der Waals surface area (Å²) in [5.41, 5.74) is 2.07. The molecule has 1 fully saturated rings. The Kier molecular flexibility index (Phi) is 6.65. The molecular weight excluding hydrogens is 334 g/mol. The molecule has 0 aromatic heterocycles. The molecule has 0 saturated heterocycles. The van der Waals surface area contributed by atoms with Gasteiger partial charge in [-0.15, -0.1) is 0 Å². The Morgan fingerprint density at radius 2 is 1.52 bits per heavy atom. The van der Waals surface area contributed by atoms with Gasteiger partial charge in [0.2, 0.25) is 0 Å². The van der Waals surface area contributed by atoms with Gasteiger partial charge in [0.15, 0.2) is 0 Å². The van der Waals surface area contributed by atoms with Gasteiger partial charge in [0.05, 0.1) is 6.04 Å². The summed E-state index contributed by atoms with van der Waals surface area (Å²) < 4.78 is 0. The Morgan fingerprint density at radius 1 is 0.963 bits per heavy atom. The maximum absolute atomic E-state index is 12.8. The van der Waals surface area contributed by atoms with Crippen molar-refractivity contribution >= 4 is 5.91 Å². The van der Waals surface area contributed by atoms with Crippen molar-refractivity contribution in [1.29, 1.82) is 5.26 Å². The molecule has 1 amide bonds. The lowest BCUT2D eigenvalue weighted by atomic mass is 9.95. The number of carbonyl (C=O) groups is 1. The van der Waals surface area contributed by atoms with Crippen molar-refractivity contribution in [2.45, 2.75) is 44.2 Å². The van der Waals surface area contributed by atoms with Crippen LogP contribution in [-0.2, 0) is 4.79 Å². The molecule has 1 aliphatic carbocycles. The summed E-state index contributed by atoms with van der Waals surface area (Å²) in [6.07, 6.45) is 7.43. The minimum atomic E-state index is -0.362. The molecule has 0 aliphatic heterocycles. The van der Waals surface area contributed by atoms with E-state index >= 15 is 0 Å². The molecule has 138 valence electrons. The van der Waals surface area contributed by atoms with E-state index in [1.807, 2.05) is 66.7 Å². The summed E-state index contributed by atoms with van der Waals surface area (Å²) in [4.78, 5) is 12.8. The number of rotatable bonds is 6. The van der Waals surface area contributed by atoms with Crippen molar-refractivity contribution in [2.24, 2.45) is 0 Å². The van der Waals surface area contributed by atoms with E-state index in [1.54, 1.807) is 6.20 Å². The van der Waals surface area contributed by atoms with Gasteiger partial charge in [0.1, 0.15) is 11.6 Å². The molecule has 0 radical (unpaired) electrons. The number of benzene rings is 2. The highest BCUT2D eigenvalue weighted by molar-refractivity contribution is 5.97. The van der Waals surface area contributed by atoms with Gasteiger partial charge >= 0.3 is 0 Å². The molecule has 1 aliphatic rings. The lowest BCUT2D eigenvalue weighted by molar-refractivity contribution is -0.117. The van der Waals surface area contributed by atoms with Crippen LogP contribution in [0.3, 0.4) is 0 Å². The minimum absolute atomic E-state index is 0.109. The van der Waals surface area contributed by atoms with Crippen LogP contribution in [0.25, 0.3) is 0 Å². The molecule has 2 N–H and O–H groups in total. The summed E-state index contributed by atoms with van der Waals surface area (Å²) in [6.45, 7) is 0. The van der Waals surface area contributed by atoms with Crippen molar-refractivity contribution in [3.63, 3.8) is 0 Å². The largest absolute Gasteiger partial charge is 0.387 e. The zero-order chi connectivity index (χ0) is 18.9. The van der Waals surface area contributed by atoms with E-state index in [0.717, 1.165) is 24.0 Å². The highest BCUT2D eigenvalue weighted by Crippen LogP contribution is 2.22. The minimum Gasteiger partial charge on any atom is -0.387 e. The number of nitrogens with one attached hydrogen (secondary N) is 2. The van der Waals surface area contributed by atoms with Gasteiger partial charge in [-0.05, 0) is 24.0 Å². The van der Waals surface area contributed by atoms with E-state index in [0.29, 0.717) is 6.04 Å². The summed E-state index contributed by atoms with van der Waals surface area (Å²) in [7, 11) is 0. The zero-order valence-electron chi connectivity index (χ0n) is 15.4. The van der Waals surface area contributed by atoms with Gasteiger partial charge in [-0.1, -0.05) is 79.9 Å². The fraction of sp³-hybridized carbons (Fsp3) is 0.304. The monoisotopic (exact) mass is 359 g/mol. The van der Waals surface area contributed by atoms with Crippen LogP contribution in [0.4, 0.5) is 0 Å². The van der Waals surface area contributed by atoms with Gasteiger partial charge in [-0.3, -0.25) is 4.79 Å². The molecule has 0 spiro atoms. The van der Waals surface area contributed by atoms with Gasteiger partial charge in [0, 0.05) is 12.2 Å². The summed E-state index contributed by atoms with van der Waals surface area (Å²) >= 11 is 0. The maximum atomic E-state index is 12.8. The Balaban J connectivity index is 1.76. The van der Waals surface area contributed by atoms with Crippen molar-refractivity contribution in [3.8, 4) is 6.07 Å². The molecule has 3 rings (SSSR count). The second-order valence-electron chi connectivity index (χ2n) is 6.90. The summed E-state index contributed by atoms with van der Waals surface area (Å²) in [5, 5.41) is 15.7. The first-order valence-electron chi connectivity index (χ1n) is 9.55. The molecule has 0 heterocycles. The standard InChI is InChI=1S/C23H25N3O/c24-16-20(17-25-21-14-8-3-9-15-21)23(27)26-22(18-10-4-1-5-11-18)19-12-6-2-7-13-19/h1-2,4-7,10-13,17,21-22,25H,3,8-9,14-15H2,(H,26,27)/b20-17-. The highest BCUT2D eigenvalue weighted by Gasteiger charge is 2.19. The molecule has 0 bridgehead atoms. The SMILES string of the molecule is N#C/C(=C/NC1CCCCC1)C(=O)NC(c1ccccc1)c1ccccc1. The van der Waals surface area contributed by atoms with Crippen LogP contribution in [0.2, 0.25) is 0 Å². The second kappa shape index (κ2) is 9.59. The van der Waals surface area contributed by atoms with E-state index in [-0.39, 0.29) is 17.5 Å². The van der Waals surface area contributed by atoms with Gasteiger partial charge < -0.3 is 10.6 Å². The van der Waals surface area contributed by atoms with E-state index < -0.39 is 0 Å². The third-order valence-corrected chi connectivity index (χ3v) is 4.97.